The second-order valence-electron chi connectivity index (χ2n) is 4.05. The first-order valence-electron chi connectivity index (χ1n) is 5.79. The molecule has 0 aromatic heterocycles. The van der Waals surface area contributed by atoms with E-state index in [-0.39, 0.29) is 7.55 Å². The second kappa shape index (κ2) is 6.15. The number of hydrogen-bond acceptors (Lipinski definition) is 2. The van der Waals surface area contributed by atoms with E-state index in [0.717, 1.165) is 32.8 Å². The molecule has 0 amide bonds. The first kappa shape index (κ1) is 11.8. The maximum absolute atomic E-state index is 5.34. The van der Waals surface area contributed by atoms with Gasteiger partial charge < -0.3 is 4.74 Å². The molecule has 0 aliphatic carbocycles. The van der Waals surface area contributed by atoms with Crippen LogP contribution in [0.5, 0.6) is 0 Å². The summed E-state index contributed by atoms with van der Waals surface area (Å²) in [5.41, 5.74) is 0. The molecule has 0 saturated carbocycles. The molecule has 2 rings (SSSR count). The Bertz CT molecular complexity index is 333. The third-order valence-corrected chi connectivity index (χ3v) is 4.68. The van der Waals surface area contributed by atoms with Crippen LogP contribution in [0.3, 0.4) is 0 Å². The van der Waals surface area contributed by atoms with Crippen molar-refractivity contribution in [3.8, 4) is 0 Å². The average Bonchev–Trinajstić information content (AvgIpc) is 2.38. The molecule has 1 saturated heterocycles. The second-order valence-corrected chi connectivity index (χ2v) is 6.10. The van der Waals surface area contributed by atoms with Gasteiger partial charge in [-0.15, -0.1) is 0 Å². The van der Waals surface area contributed by atoms with Gasteiger partial charge in [0.1, 0.15) is 19.0 Å². The molecule has 1 aliphatic heterocycles. The fraction of sp³-hybridized carbons (Fsp3) is 0.462. The first-order valence-corrected chi connectivity index (χ1v) is 7.50. The van der Waals surface area contributed by atoms with Gasteiger partial charge in [-0.2, -0.15) is 0 Å². The van der Waals surface area contributed by atoms with Crippen molar-refractivity contribution >= 4 is 19.1 Å². The van der Waals surface area contributed by atoms with E-state index in [2.05, 4.69) is 41.5 Å². The van der Waals surface area contributed by atoms with Gasteiger partial charge in [-0.1, -0.05) is 18.2 Å². The summed E-state index contributed by atoms with van der Waals surface area (Å²) >= 11 is 0. The highest BCUT2D eigenvalue weighted by Crippen LogP contribution is 2.18. The molecule has 0 bridgehead atoms. The van der Waals surface area contributed by atoms with Crippen LogP contribution in [0.2, 0.25) is 0 Å². The van der Waals surface area contributed by atoms with Gasteiger partial charge in [0, 0.05) is 19.6 Å². The molecule has 3 heteroatoms. The molecule has 1 aromatic rings. The van der Waals surface area contributed by atoms with E-state index in [4.69, 9.17) is 4.74 Å². The van der Waals surface area contributed by atoms with Crippen LogP contribution >= 0.6 is 7.55 Å². The van der Waals surface area contributed by atoms with Crippen molar-refractivity contribution < 1.29 is 4.74 Å². The summed E-state index contributed by atoms with van der Waals surface area (Å²) in [5, 5.41) is 1.41. The van der Waals surface area contributed by atoms with Crippen LogP contribution in [0.25, 0.3) is 0 Å². The van der Waals surface area contributed by atoms with Crippen molar-refractivity contribution in [2.45, 2.75) is 0 Å². The van der Waals surface area contributed by atoms with Crippen LogP contribution in [0.1, 0.15) is 0 Å². The van der Waals surface area contributed by atoms with E-state index >= 15 is 0 Å². The van der Waals surface area contributed by atoms with Crippen molar-refractivity contribution in [3.05, 3.63) is 30.3 Å². The molecule has 16 heavy (non-hydrogen) atoms. The predicted molar refractivity (Wildman–Crippen MR) is 72.2 cm³/mol. The van der Waals surface area contributed by atoms with E-state index in [9.17, 15) is 0 Å². The van der Waals surface area contributed by atoms with E-state index < -0.39 is 0 Å². The SMILES string of the molecule is C=[P+](CCN1CCOCC1)c1ccccc1. The van der Waals surface area contributed by atoms with Crippen molar-refractivity contribution in [2.24, 2.45) is 0 Å². The molecule has 86 valence electrons. The Morgan fingerprint density at radius 3 is 2.56 bits per heavy atom. The Balaban J connectivity index is 1.79. The molecule has 0 spiro atoms. The highest BCUT2D eigenvalue weighted by atomic mass is 31.1. The van der Waals surface area contributed by atoms with Gasteiger partial charge in [-0.3, -0.25) is 4.90 Å². The molecule has 1 heterocycles. The maximum atomic E-state index is 5.34. The van der Waals surface area contributed by atoms with E-state index in [1.165, 1.54) is 11.5 Å². The van der Waals surface area contributed by atoms with E-state index in [1.807, 2.05) is 0 Å². The van der Waals surface area contributed by atoms with Crippen LogP contribution < -0.4 is 5.30 Å². The summed E-state index contributed by atoms with van der Waals surface area (Å²) in [6.45, 7) is 5.10. The molecule has 2 nitrogen and oxygen atoms in total. The van der Waals surface area contributed by atoms with Crippen LogP contribution in [0.15, 0.2) is 30.3 Å². The smallest absolute Gasteiger partial charge is 0.148 e. The van der Waals surface area contributed by atoms with Gasteiger partial charge >= 0.3 is 0 Å². The lowest BCUT2D eigenvalue weighted by atomic mass is 10.4. The Labute approximate surface area is 98.6 Å². The third-order valence-electron chi connectivity index (χ3n) is 2.91. The lowest BCUT2D eigenvalue weighted by Gasteiger charge is -2.25. The standard InChI is InChI=1S/C13H19NOP/c1-16(13-5-3-2-4-6-13)12-9-14-7-10-15-11-8-14/h2-6H,1,7-12H2/q+1. The molecule has 1 aliphatic rings. The Kier molecular flexibility index (Phi) is 4.53. The van der Waals surface area contributed by atoms with Gasteiger partial charge in [0.05, 0.1) is 19.5 Å². The summed E-state index contributed by atoms with van der Waals surface area (Å²) in [5.74, 6) is 0. The summed E-state index contributed by atoms with van der Waals surface area (Å²) < 4.78 is 5.34. The molecular weight excluding hydrogens is 217 g/mol. The minimum Gasteiger partial charge on any atom is -0.379 e. The number of benzene rings is 1. The van der Waals surface area contributed by atoms with Crippen LogP contribution in [0, 0.1) is 0 Å². The molecule has 1 unspecified atom stereocenters. The van der Waals surface area contributed by atoms with E-state index in [0.29, 0.717) is 0 Å². The predicted octanol–water partition coefficient (Wildman–Crippen LogP) is 1.56. The fourth-order valence-corrected chi connectivity index (χ4v) is 3.23. The van der Waals surface area contributed by atoms with Gasteiger partial charge in [-0.05, 0) is 12.1 Å². The zero-order chi connectivity index (χ0) is 11.2. The first-order chi connectivity index (χ1) is 7.86. The largest absolute Gasteiger partial charge is 0.379 e. The summed E-state index contributed by atoms with van der Waals surface area (Å²) in [7, 11) is -0.233. The third kappa shape index (κ3) is 3.41. The summed E-state index contributed by atoms with van der Waals surface area (Å²) in [6, 6.07) is 10.7. The topological polar surface area (TPSA) is 12.5 Å². The molecule has 1 aromatic carbocycles. The van der Waals surface area contributed by atoms with Crippen molar-refractivity contribution in [2.75, 3.05) is 39.0 Å². The van der Waals surface area contributed by atoms with Crippen LogP contribution in [-0.2, 0) is 4.74 Å². The molecule has 1 fully saturated rings. The Hall–Kier alpha value is -0.690. The minimum atomic E-state index is -0.233. The van der Waals surface area contributed by atoms with Crippen LogP contribution in [0.4, 0.5) is 0 Å². The van der Waals surface area contributed by atoms with Gasteiger partial charge in [0.25, 0.3) is 0 Å². The fourth-order valence-electron chi connectivity index (χ4n) is 1.85. The number of nitrogens with zero attached hydrogens (tertiary/aromatic N) is 1. The maximum Gasteiger partial charge on any atom is 0.148 e. The normalized spacial score (nSPS) is 18.4. The number of morpholine rings is 1. The molecule has 0 radical (unpaired) electrons. The Morgan fingerprint density at radius 1 is 1.19 bits per heavy atom. The average molecular weight is 236 g/mol. The van der Waals surface area contributed by atoms with Crippen molar-refractivity contribution in [1.82, 2.24) is 4.90 Å². The van der Waals surface area contributed by atoms with Crippen molar-refractivity contribution in [3.63, 3.8) is 0 Å². The van der Waals surface area contributed by atoms with E-state index in [1.54, 1.807) is 0 Å². The van der Waals surface area contributed by atoms with Gasteiger partial charge in [-0.25, -0.2) is 0 Å². The van der Waals surface area contributed by atoms with Gasteiger partial charge in [0.15, 0.2) is 0 Å². The molecule has 0 N–H and O–H groups in total. The van der Waals surface area contributed by atoms with Crippen LogP contribution in [-0.4, -0.2) is 50.2 Å². The molecule has 1 atom stereocenters. The monoisotopic (exact) mass is 236 g/mol. The quantitative estimate of drug-likeness (QED) is 0.736. The number of ether oxygens (including phenoxy) is 1. The zero-order valence-corrected chi connectivity index (χ0v) is 10.5. The van der Waals surface area contributed by atoms with Gasteiger partial charge in [0.2, 0.25) is 0 Å². The lowest BCUT2D eigenvalue weighted by Crippen LogP contribution is -2.37. The number of rotatable bonds is 4. The molecular formula is C13H19NOP+. The minimum absolute atomic E-state index is 0.233. The summed E-state index contributed by atoms with van der Waals surface area (Å²) in [4.78, 5) is 2.48. The Morgan fingerprint density at radius 2 is 1.88 bits per heavy atom. The zero-order valence-electron chi connectivity index (χ0n) is 9.64. The lowest BCUT2D eigenvalue weighted by molar-refractivity contribution is 0.0409. The van der Waals surface area contributed by atoms with Crippen molar-refractivity contribution in [1.29, 1.82) is 0 Å². The highest BCUT2D eigenvalue weighted by molar-refractivity contribution is 7.63. The summed E-state index contributed by atoms with van der Waals surface area (Å²) in [6.07, 6.45) is 5.49. The highest BCUT2D eigenvalue weighted by Gasteiger charge is 2.15. The number of hydrogen-bond donors (Lipinski definition) is 0.